The van der Waals surface area contributed by atoms with Crippen LogP contribution < -0.4 is 10.7 Å². The Morgan fingerprint density at radius 3 is 2.70 bits per heavy atom. The predicted molar refractivity (Wildman–Crippen MR) is 88.3 cm³/mol. The summed E-state index contributed by atoms with van der Waals surface area (Å²) >= 11 is 0. The first kappa shape index (κ1) is 15.0. The molecule has 0 unspecified atom stereocenters. The lowest BCUT2D eigenvalue weighted by Crippen LogP contribution is -2.23. The van der Waals surface area contributed by atoms with Crippen molar-refractivity contribution in [3.63, 3.8) is 0 Å². The van der Waals surface area contributed by atoms with Crippen LogP contribution in [0.1, 0.15) is 15.9 Å². The summed E-state index contributed by atoms with van der Waals surface area (Å²) in [4.78, 5) is 24.9. The summed E-state index contributed by atoms with van der Waals surface area (Å²) in [5.41, 5.74) is 1.67. The molecule has 0 atom stereocenters. The van der Waals surface area contributed by atoms with Crippen molar-refractivity contribution in [3.8, 4) is 0 Å². The molecular formula is C18H15FN2O2. The highest BCUT2D eigenvalue weighted by molar-refractivity contribution is 6.05. The molecule has 4 nitrogen and oxygen atoms in total. The lowest BCUT2D eigenvalue weighted by molar-refractivity contribution is 0.102. The van der Waals surface area contributed by atoms with Gasteiger partial charge in [-0.15, -0.1) is 0 Å². The third kappa shape index (κ3) is 2.85. The molecule has 1 aromatic heterocycles. The standard InChI is InChI=1S/C18H15FN2O2/c1-11-4-3-5-13(8-11)20-18(23)15-10-21(2)16-7-6-12(19)9-14(16)17(15)22/h3-10H,1-2H3,(H,20,23). The maximum absolute atomic E-state index is 13.4. The molecule has 0 bridgehead atoms. The van der Waals surface area contributed by atoms with E-state index in [-0.39, 0.29) is 10.9 Å². The highest BCUT2D eigenvalue weighted by Crippen LogP contribution is 2.14. The zero-order valence-corrected chi connectivity index (χ0v) is 12.8. The van der Waals surface area contributed by atoms with Crippen molar-refractivity contribution >= 4 is 22.5 Å². The van der Waals surface area contributed by atoms with Crippen LogP contribution in [0.15, 0.2) is 53.5 Å². The molecular weight excluding hydrogens is 295 g/mol. The second-order valence-corrected chi connectivity index (χ2v) is 5.47. The van der Waals surface area contributed by atoms with Gasteiger partial charge in [-0.1, -0.05) is 12.1 Å². The molecule has 1 N–H and O–H groups in total. The van der Waals surface area contributed by atoms with Gasteiger partial charge in [0.1, 0.15) is 11.4 Å². The Morgan fingerprint density at radius 1 is 1.17 bits per heavy atom. The van der Waals surface area contributed by atoms with Crippen LogP contribution in [0, 0.1) is 12.7 Å². The molecule has 2 aromatic carbocycles. The molecule has 0 saturated carbocycles. The monoisotopic (exact) mass is 310 g/mol. The molecule has 0 fully saturated rings. The van der Waals surface area contributed by atoms with Gasteiger partial charge < -0.3 is 9.88 Å². The normalized spacial score (nSPS) is 10.7. The van der Waals surface area contributed by atoms with E-state index in [0.29, 0.717) is 11.2 Å². The van der Waals surface area contributed by atoms with Gasteiger partial charge in [-0.2, -0.15) is 0 Å². The number of carbonyl (C=O) groups is 1. The number of nitrogens with zero attached hydrogens (tertiary/aromatic N) is 1. The zero-order valence-electron chi connectivity index (χ0n) is 12.8. The van der Waals surface area contributed by atoms with E-state index >= 15 is 0 Å². The van der Waals surface area contributed by atoms with Gasteiger partial charge in [-0.3, -0.25) is 9.59 Å². The number of pyridine rings is 1. The molecule has 0 radical (unpaired) electrons. The highest BCUT2D eigenvalue weighted by atomic mass is 19.1. The fourth-order valence-corrected chi connectivity index (χ4v) is 2.55. The van der Waals surface area contributed by atoms with E-state index in [1.807, 2.05) is 25.1 Å². The summed E-state index contributed by atoms with van der Waals surface area (Å²) in [6.07, 6.45) is 1.47. The molecule has 1 amide bonds. The minimum absolute atomic E-state index is 0.0212. The molecule has 3 aromatic rings. The van der Waals surface area contributed by atoms with E-state index in [0.717, 1.165) is 11.6 Å². The number of halogens is 1. The number of nitrogens with one attached hydrogen (secondary N) is 1. The van der Waals surface area contributed by atoms with Gasteiger partial charge in [0.05, 0.1) is 5.52 Å². The zero-order chi connectivity index (χ0) is 16.6. The van der Waals surface area contributed by atoms with E-state index in [4.69, 9.17) is 0 Å². The number of hydrogen-bond acceptors (Lipinski definition) is 2. The Balaban J connectivity index is 2.07. The van der Waals surface area contributed by atoms with Gasteiger partial charge in [-0.05, 0) is 42.8 Å². The number of rotatable bonds is 2. The maximum Gasteiger partial charge on any atom is 0.261 e. The minimum atomic E-state index is -0.512. The smallest absolute Gasteiger partial charge is 0.261 e. The van der Waals surface area contributed by atoms with Crippen LogP contribution >= 0.6 is 0 Å². The van der Waals surface area contributed by atoms with Crippen LogP contribution in [-0.2, 0) is 7.05 Å². The summed E-state index contributed by atoms with van der Waals surface area (Å²) in [6.45, 7) is 1.91. The van der Waals surface area contributed by atoms with E-state index in [2.05, 4.69) is 5.32 Å². The Labute approximate surface area is 132 Å². The average molecular weight is 310 g/mol. The van der Waals surface area contributed by atoms with Crippen molar-refractivity contribution in [3.05, 3.63) is 75.8 Å². The number of carbonyl (C=O) groups excluding carboxylic acids is 1. The largest absolute Gasteiger partial charge is 0.350 e. The molecule has 5 heteroatoms. The molecule has 0 spiro atoms. The van der Waals surface area contributed by atoms with Crippen molar-refractivity contribution in [1.82, 2.24) is 4.57 Å². The topological polar surface area (TPSA) is 51.1 Å². The fraction of sp³-hybridized carbons (Fsp3) is 0.111. The molecule has 0 aliphatic rings. The predicted octanol–water partition coefficient (Wildman–Crippen LogP) is 3.24. The van der Waals surface area contributed by atoms with E-state index in [1.165, 1.54) is 18.3 Å². The summed E-state index contributed by atoms with van der Waals surface area (Å²) in [5.74, 6) is -1.02. The lowest BCUT2D eigenvalue weighted by atomic mass is 10.1. The second kappa shape index (κ2) is 5.68. The molecule has 0 saturated heterocycles. The SMILES string of the molecule is Cc1cccc(NC(=O)c2cn(C)c3ccc(F)cc3c2=O)c1. The fourth-order valence-electron chi connectivity index (χ4n) is 2.55. The number of aryl methyl sites for hydroxylation is 2. The number of amides is 1. The van der Waals surface area contributed by atoms with Gasteiger partial charge in [0.15, 0.2) is 0 Å². The second-order valence-electron chi connectivity index (χ2n) is 5.47. The van der Waals surface area contributed by atoms with Crippen molar-refractivity contribution in [2.45, 2.75) is 6.92 Å². The molecule has 23 heavy (non-hydrogen) atoms. The van der Waals surface area contributed by atoms with Crippen LogP contribution in [0.4, 0.5) is 10.1 Å². The van der Waals surface area contributed by atoms with E-state index in [9.17, 15) is 14.0 Å². The highest BCUT2D eigenvalue weighted by Gasteiger charge is 2.15. The van der Waals surface area contributed by atoms with Gasteiger partial charge in [0, 0.05) is 24.3 Å². The summed E-state index contributed by atoms with van der Waals surface area (Å²) < 4.78 is 15.1. The summed E-state index contributed by atoms with van der Waals surface area (Å²) in [5, 5.41) is 2.89. The Morgan fingerprint density at radius 2 is 1.96 bits per heavy atom. The van der Waals surface area contributed by atoms with Gasteiger partial charge in [0.2, 0.25) is 5.43 Å². The van der Waals surface area contributed by atoms with Crippen LogP contribution in [-0.4, -0.2) is 10.5 Å². The first-order valence-corrected chi connectivity index (χ1v) is 7.12. The number of benzene rings is 2. The van der Waals surface area contributed by atoms with Crippen molar-refractivity contribution < 1.29 is 9.18 Å². The Bertz CT molecular complexity index is 976. The van der Waals surface area contributed by atoms with E-state index in [1.54, 1.807) is 17.7 Å². The Kier molecular flexibility index (Phi) is 3.70. The lowest BCUT2D eigenvalue weighted by Gasteiger charge is -2.10. The first-order chi connectivity index (χ1) is 11.0. The summed E-state index contributed by atoms with van der Waals surface area (Å²) in [7, 11) is 1.71. The third-order valence-corrected chi connectivity index (χ3v) is 3.67. The molecule has 3 rings (SSSR count). The molecule has 116 valence electrons. The minimum Gasteiger partial charge on any atom is -0.350 e. The maximum atomic E-state index is 13.4. The number of fused-ring (bicyclic) bond motifs is 1. The first-order valence-electron chi connectivity index (χ1n) is 7.12. The van der Waals surface area contributed by atoms with Crippen molar-refractivity contribution in [2.75, 3.05) is 5.32 Å². The van der Waals surface area contributed by atoms with Crippen molar-refractivity contribution in [2.24, 2.45) is 7.05 Å². The van der Waals surface area contributed by atoms with E-state index < -0.39 is 17.2 Å². The average Bonchev–Trinajstić information content (AvgIpc) is 2.50. The molecule has 0 aliphatic heterocycles. The number of aromatic nitrogens is 1. The van der Waals surface area contributed by atoms with Gasteiger partial charge >= 0.3 is 0 Å². The number of anilines is 1. The van der Waals surface area contributed by atoms with Crippen LogP contribution in [0.5, 0.6) is 0 Å². The molecule has 0 aliphatic carbocycles. The van der Waals surface area contributed by atoms with Gasteiger partial charge in [0.25, 0.3) is 5.91 Å². The molecule has 1 heterocycles. The van der Waals surface area contributed by atoms with Crippen LogP contribution in [0.2, 0.25) is 0 Å². The third-order valence-electron chi connectivity index (χ3n) is 3.67. The quantitative estimate of drug-likeness (QED) is 0.790. The van der Waals surface area contributed by atoms with Crippen LogP contribution in [0.3, 0.4) is 0 Å². The van der Waals surface area contributed by atoms with Crippen molar-refractivity contribution in [1.29, 1.82) is 0 Å². The number of hydrogen-bond donors (Lipinski definition) is 1. The van der Waals surface area contributed by atoms with Gasteiger partial charge in [-0.25, -0.2) is 4.39 Å². The van der Waals surface area contributed by atoms with Crippen LogP contribution in [0.25, 0.3) is 10.9 Å². The Hall–Kier alpha value is -2.95. The summed E-state index contributed by atoms with van der Waals surface area (Å²) in [6, 6.07) is 11.2.